The van der Waals surface area contributed by atoms with Crippen LogP contribution in [0.15, 0.2) is 60.7 Å². The molecule has 9 nitrogen and oxygen atoms in total. The van der Waals surface area contributed by atoms with Gasteiger partial charge in [-0.05, 0) is 75.5 Å². The van der Waals surface area contributed by atoms with E-state index in [1.807, 2.05) is 91.5 Å². The van der Waals surface area contributed by atoms with E-state index in [1.165, 1.54) is 0 Å². The van der Waals surface area contributed by atoms with Gasteiger partial charge in [0, 0.05) is 50.4 Å². The van der Waals surface area contributed by atoms with Gasteiger partial charge in [-0.25, -0.2) is 0 Å². The third-order valence-electron chi connectivity index (χ3n) is 7.01. The molecule has 2 aromatic carbocycles. The Morgan fingerprint density at radius 1 is 0.897 bits per heavy atom. The average molecular weight is 531 g/mol. The molecule has 39 heavy (non-hydrogen) atoms. The quantitative estimate of drug-likeness (QED) is 0.420. The molecule has 1 aromatic heterocycles. The zero-order valence-corrected chi connectivity index (χ0v) is 23.3. The van der Waals surface area contributed by atoms with Gasteiger partial charge >= 0.3 is 0 Å². The van der Waals surface area contributed by atoms with Crippen LogP contribution in [0.4, 0.5) is 5.82 Å². The number of rotatable bonds is 9. The molecule has 1 saturated heterocycles. The summed E-state index contributed by atoms with van der Waals surface area (Å²) in [6, 6.07) is 19.2. The summed E-state index contributed by atoms with van der Waals surface area (Å²) in [4.78, 5) is 34.5. The molecule has 3 aromatic rings. The van der Waals surface area contributed by atoms with Crippen LogP contribution in [0.3, 0.4) is 0 Å². The second kappa shape index (κ2) is 13.2. The summed E-state index contributed by atoms with van der Waals surface area (Å²) in [6.45, 7) is 5.82. The fourth-order valence-corrected chi connectivity index (χ4v) is 4.63. The molecule has 2 amide bonds. The van der Waals surface area contributed by atoms with Crippen LogP contribution >= 0.6 is 0 Å². The van der Waals surface area contributed by atoms with Gasteiger partial charge in [0.25, 0.3) is 5.91 Å². The Morgan fingerprint density at radius 2 is 1.67 bits per heavy atom. The Hall–Kier alpha value is -3.98. The maximum atomic E-state index is 13.4. The van der Waals surface area contributed by atoms with E-state index < -0.39 is 0 Å². The molecule has 1 aliphatic rings. The Labute approximate surface area is 231 Å². The molecule has 0 radical (unpaired) electrons. The number of hydrogen-bond donors (Lipinski definition) is 0. The van der Waals surface area contributed by atoms with Crippen LogP contribution in [-0.2, 0) is 4.79 Å². The first kappa shape index (κ1) is 28.0. The maximum absolute atomic E-state index is 13.4. The van der Waals surface area contributed by atoms with Crippen LogP contribution in [0, 0.1) is 6.92 Å². The molecular weight excluding hydrogens is 492 g/mol. The number of anilines is 1. The molecule has 0 saturated carbocycles. The molecule has 0 atom stereocenters. The molecule has 0 spiro atoms. The Kier molecular flexibility index (Phi) is 9.49. The number of methoxy groups -OCH3 is 1. The van der Waals surface area contributed by atoms with Crippen LogP contribution in [0.2, 0.25) is 0 Å². The maximum Gasteiger partial charge on any atom is 0.254 e. The van der Waals surface area contributed by atoms with Gasteiger partial charge in [0.05, 0.1) is 12.8 Å². The van der Waals surface area contributed by atoms with Crippen molar-refractivity contribution in [2.24, 2.45) is 0 Å². The van der Waals surface area contributed by atoms with E-state index in [1.54, 1.807) is 12.0 Å². The Balaban J connectivity index is 1.38. The number of benzene rings is 2. The molecule has 9 heteroatoms. The van der Waals surface area contributed by atoms with Crippen LogP contribution in [0.25, 0.3) is 11.3 Å². The number of aryl methyl sites for hydroxylation is 1. The minimum atomic E-state index is -0.105. The predicted molar refractivity (Wildman–Crippen MR) is 153 cm³/mol. The van der Waals surface area contributed by atoms with Crippen molar-refractivity contribution in [2.75, 3.05) is 71.9 Å². The highest BCUT2D eigenvalue weighted by Crippen LogP contribution is 2.22. The molecule has 0 aliphatic carbocycles. The van der Waals surface area contributed by atoms with Gasteiger partial charge in [-0.1, -0.05) is 18.2 Å². The summed E-state index contributed by atoms with van der Waals surface area (Å²) in [5, 5.41) is 8.90. The number of hydrogen-bond acceptors (Lipinski definition) is 7. The van der Waals surface area contributed by atoms with Gasteiger partial charge in [-0.2, -0.15) is 0 Å². The summed E-state index contributed by atoms with van der Waals surface area (Å²) in [6.07, 6.45) is 0.817. The van der Waals surface area contributed by atoms with Gasteiger partial charge in [-0.15, -0.1) is 10.2 Å². The van der Waals surface area contributed by atoms with Crippen molar-refractivity contribution < 1.29 is 14.3 Å². The monoisotopic (exact) mass is 530 g/mol. The third-order valence-corrected chi connectivity index (χ3v) is 7.01. The summed E-state index contributed by atoms with van der Waals surface area (Å²) < 4.78 is 5.23. The second-order valence-electron chi connectivity index (χ2n) is 10.1. The number of amides is 2. The highest BCUT2D eigenvalue weighted by Gasteiger charge is 2.25. The van der Waals surface area contributed by atoms with E-state index in [0.29, 0.717) is 38.3 Å². The fourth-order valence-electron chi connectivity index (χ4n) is 4.63. The van der Waals surface area contributed by atoms with Crippen LogP contribution in [0.1, 0.15) is 22.3 Å². The number of likely N-dealkylation sites (N-methyl/N-ethyl adjacent to an activating group) is 1. The van der Waals surface area contributed by atoms with E-state index in [4.69, 9.17) is 4.74 Å². The van der Waals surface area contributed by atoms with Crippen molar-refractivity contribution in [1.82, 2.24) is 24.9 Å². The first-order chi connectivity index (χ1) is 18.9. The minimum absolute atomic E-state index is 0.0292. The molecule has 0 unspecified atom stereocenters. The van der Waals surface area contributed by atoms with Crippen molar-refractivity contribution in [3.05, 3.63) is 71.8 Å². The number of nitrogens with zero attached hydrogens (tertiary/aromatic N) is 6. The van der Waals surface area contributed by atoms with Gasteiger partial charge in [0.15, 0.2) is 5.82 Å². The van der Waals surface area contributed by atoms with Crippen molar-refractivity contribution in [2.45, 2.75) is 13.3 Å². The second-order valence-corrected chi connectivity index (χ2v) is 10.1. The molecular formula is C30H38N6O3. The van der Waals surface area contributed by atoms with Gasteiger partial charge in [-0.3, -0.25) is 9.59 Å². The molecule has 0 bridgehead atoms. The van der Waals surface area contributed by atoms with Gasteiger partial charge in [0.2, 0.25) is 5.91 Å². The van der Waals surface area contributed by atoms with E-state index in [2.05, 4.69) is 15.1 Å². The van der Waals surface area contributed by atoms with Gasteiger partial charge < -0.3 is 24.3 Å². The van der Waals surface area contributed by atoms with Crippen molar-refractivity contribution in [1.29, 1.82) is 0 Å². The summed E-state index contributed by atoms with van der Waals surface area (Å²) in [5.41, 5.74) is 3.32. The van der Waals surface area contributed by atoms with Crippen molar-refractivity contribution in [3.63, 3.8) is 0 Å². The lowest BCUT2D eigenvalue weighted by Crippen LogP contribution is -2.46. The molecule has 2 heterocycles. The van der Waals surface area contributed by atoms with Crippen LogP contribution < -0.4 is 9.64 Å². The standard InChI is InChI=1S/C30H38N6O3/c1-23-8-5-6-9-26(23)30(38)36(19-18-33(2)3)22-29(37)35-17-7-16-34(20-21-35)28-15-14-27(31-32-28)24-10-12-25(39-4)13-11-24/h5-6,8-15H,7,16-22H2,1-4H3. The summed E-state index contributed by atoms with van der Waals surface area (Å²) in [7, 11) is 5.58. The zero-order valence-electron chi connectivity index (χ0n) is 23.3. The molecule has 1 aliphatic heterocycles. The topological polar surface area (TPSA) is 82.1 Å². The van der Waals surface area contributed by atoms with E-state index >= 15 is 0 Å². The zero-order chi connectivity index (χ0) is 27.8. The SMILES string of the molecule is COc1ccc(-c2ccc(N3CCCN(C(=O)CN(CCN(C)C)C(=O)c4ccccc4C)CC3)nn2)cc1. The van der Waals surface area contributed by atoms with Crippen molar-refractivity contribution in [3.8, 4) is 17.0 Å². The Morgan fingerprint density at radius 3 is 2.33 bits per heavy atom. The molecule has 1 fully saturated rings. The predicted octanol–water partition coefficient (Wildman–Crippen LogP) is 3.20. The van der Waals surface area contributed by atoms with E-state index in [9.17, 15) is 9.59 Å². The highest BCUT2D eigenvalue weighted by atomic mass is 16.5. The average Bonchev–Trinajstić information content (AvgIpc) is 3.22. The fraction of sp³-hybridized carbons (Fsp3) is 0.400. The van der Waals surface area contributed by atoms with E-state index in [-0.39, 0.29) is 18.4 Å². The summed E-state index contributed by atoms with van der Waals surface area (Å²) in [5.74, 6) is 1.46. The number of ether oxygens (including phenoxy) is 1. The first-order valence-electron chi connectivity index (χ1n) is 13.4. The Bertz CT molecular complexity index is 1250. The van der Waals surface area contributed by atoms with Crippen molar-refractivity contribution >= 4 is 17.6 Å². The first-order valence-corrected chi connectivity index (χ1v) is 13.4. The molecule has 4 rings (SSSR count). The smallest absolute Gasteiger partial charge is 0.254 e. The minimum Gasteiger partial charge on any atom is -0.497 e. The number of aromatic nitrogens is 2. The lowest BCUT2D eigenvalue weighted by atomic mass is 10.1. The largest absolute Gasteiger partial charge is 0.497 e. The third kappa shape index (κ3) is 7.32. The lowest BCUT2D eigenvalue weighted by Gasteiger charge is -2.28. The van der Waals surface area contributed by atoms with Gasteiger partial charge in [0.1, 0.15) is 12.3 Å². The molecule has 0 N–H and O–H groups in total. The lowest BCUT2D eigenvalue weighted by molar-refractivity contribution is -0.131. The molecule has 206 valence electrons. The summed E-state index contributed by atoms with van der Waals surface area (Å²) >= 11 is 0. The normalized spacial score (nSPS) is 13.8. The van der Waals surface area contributed by atoms with Crippen LogP contribution in [-0.4, -0.2) is 104 Å². The number of carbonyl (C=O) groups is 2. The van der Waals surface area contributed by atoms with E-state index in [0.717, 1.165) is 41.4 Å². The highest BCUT2D eigenvalue weighted by molar-refractivity contribution is 5.97. The van der Waals surface area contributed by atoms with Crippen LogP contribution in [0.5, 0.6) is 5.75 Å². The number of carbonyl (C=O) groups excluding carboxylic acids is 2.